The summed E-state index contributed by atoms with van der Waals surface area (Å²) in [6.07, 6.45) is 0. The molecular weight excluding hydrogens is 328 g/mol. The van der Waals surface area contributed by atoms with E-state index in [1.54, 1.807) is 22.9 Å². The van der Waals surface area contributed by atoms with Gasteiger partial charge in [-0.05, 0) is 36.4 Å². The SMILES string of the molecule is NC(=O)NS(=O)(=O)c1ccc(S(=O)(=O)c2ccccc2)cc1. The lowest BCUT2D eigenvalue weighted by Crippen LogP contribution is -2.34. The number of nitrogens with two attached hydrogens (primary N) is 1. The van der Waals surface area contributed by atoms with Crippen molar-refractivity contribution in [1.82, 2.24) is 4.72 Å². The second kappa shape index (κ2) is 5.78. The van der Waals surface area contributed by atoms with Crippen LogP contribution in [0.15, 0.2) is 69.3 Å². The summed E-state index contributed by atoms with van der Waals surface area (Å²) in [4.78, 5) is 10.4. The van der Waals surface area contributed by atoms with Gasteiger partial charge in [-0.15, -0.1) is 0 Å². The summed E-state index contributed by atoms with van der Waals surface area (Å²) < 4.78 is 49.7. The highest BCUT2D eigenvalue weighted by atomic mass is 32.2. The van der Waals surface area contributed by atoms with Crippen LogP contribution in [0.2, 0.25) is 0 Å². The summed E-state index contributed by atoms with van der Waals surface area (Å²) >= 11 is 0. The van der Waals surface area contributed by atoms with Gasteiger partial charge >= 0.3 is 6.03 Å². The van der Waals surface area contributed by atoms with Crippen LogP contribution < -0.4 is 10.5 Å². The van der Waals surface area contributed by atoms with Crippen LogP contribution in [0.4, 0.5) is 4.79 Å². The van der Waals surface area contributed by atoms with E-state index in [0.717, 1.165) is 24.3 Å². The average molecular weight is 340 g/mol. The molecule has 0 aliphatic rings. The average Bonchev–Trinajstić information content (AvgIpc) is 2.47. The molecule has 2 amide bonds. The van der Waals surface area contributed by atoms with Gasteiger partial charge < -0.3 is 5.73 Å². The van der Waals surface area contributed by atoms with Crippen molar-refractivity contribution >= 4 is 25.9 Å². The van der Waals surface area contributed by atoms with E-state index in [2.05, 4.69) is 0 Å². The molecule has 0 saturated heterocycles. The Morgan fingerprint density at radius 3 is 1.73 bits per heavy atom. The molecule has 2 aromatic carbocycles. The molecule has 3 N–H and O–H groups in total. The number of sulfone groups is 1. The second-order valence-corrected chi connectivity index (χ2v) is 7.89. The van der Waals surface area contributed by atoms with Crippen LogP contribution in [-0.4, -0.2) is 22.9 Å². The summed E-state index contributed by atoms with van der Waals surface area (Å²) in [5.74, 6) is 0. The summed E-state index contributed by atoms with van der Waals surface area (Å²) in [7, 11) is -7.84. The Hall–Kier alpha value is -2.39. The van der Waals surface area contributed by atoms with Crippen molar-refractivity contribution < 1.29 is 21.6 Å². The van der Waals surface area contributed by atoms with Gasteiger partial charge in [0.05, 0.1) is 14.7 Å². The van der Waals surface area contributed by atoms with E-state index in [0.29, 0.717) is 0 Å². The zero-order valence-electron chi connectivity index (χ0n) is 11.1. The van der Waals surface area contributed by atoms with Gasteiger partial charge in [0.25, 0.3) is 10.0 Å². The Bertz CT molecular complexity index is 889. The van der Waals surface area contributed by atoms with Crippen molar-refractivity contribution in [3.8, 4) is 0 Å². The molecule has 2 rings (SSSR count). The van der Waals surface area contributed by atoms with E-state index in [1.165, 1.54) is 12.1 Å². The number of carbonyl (C=O) groups is 1. The first kappa shape index (κ1) is 16.0. The lowest BCUT2D eigenvalue weighted by molar-refractivity contribution is 0.253. The normalized spacial score (nSPS) is 11.8. The standard InChI is InChI=1S/C13H12N2O5S2/c14-13(16)15-22(19,20)12-8-6-11(7-9-12)21(17,18)10-4-2-1-3-5-10/h1-9H,(H3,14,15,16). The molecule has 0 unspecified atom stereocenters. The van der Waals surface area contributed by atoms with E-state index >= 15 is 0 Å². The number of hydrogen-bond acceptors (Lipinski definition) is 5. The molecule has 0 radical (unpaired) electrons. The van der Waals surface area contributed by atoms with Crippen molar-refractivity contribution in [3.05, 3.63) is 54.6 Å². The number of carbonyl (C=O) groups excluding carboxylic acids is 1. The number of rotatable bonds is 4. The van der Waals surface area contributed by atoms with Crippen LogP contribution in [0.5, 0.6) is 0 Å². The largest absolute Gasteiger partial charge is 0.351 e. The van der Waals surface area contributed by atoms with E-state index in [9.17, 15) is 21.6 Å². The van der Waals surface area contributed by atoms with Gasteiger partial charge in [-0.25, -0.2) is 26.4 Å². The molecule has 2 aromatic rings. The second-order valence-electron chi connectivity index (χ2n) is 4.26. The Balaban J connectivity index is 2.40. The summed E-state index contributed by atoms with van der Waals surface area (Å²) in [5.41, 5.74) is 4.77. The highest BCUT2D eigenvalue weighted by molar-refractivity contribution is 7.91. The van der Waals surface area contributed by atoms with Gasteiger partial charge in [0.1, 0.15) is 0 Å². The van der Waals surface area contributed by atoms with E-state index in [4.69, 9.17) is 5.73 Å². The fourth-order valence-electron chi connectivity index (χ4n) is 1.73. The Morgan fingerprint density at radius 1 is 0.773 bits per heavy atom. The van der Waals surface area contributed by atoms with E-state index in [1.807, 2.05) is 0 Å². The van der Waals surface area contributed by atoms with Gasteiger partial charge in [0, 0.05) is 0 Å². The Morgan fingerprint density at radius 2 is 1.23 bits per heavy atom. The molecule has 116 valence electrons. The lowest BCUT2D eigenvalue weighted by atomic mass is 10.4. The zero-order chi connectivity index (χ0) is 16.4. The number of nitrogens with one attached hydrogen (secondary N) is 1. The Labute approximate surface area is 127 Å². The molecular formula is C13H12N2O5S2. The topological polar surface area (TPSA) is 123 Å². The first-order valence-electron chi connectivity index (χ1n) is 5.96. The molecule has 0 spiro atoms. The van der Waals surface area contributed by atoms with Crippen molar-refractivity contribution in [3.63, 3.8) is 0 Å². The van der Waals surface area contributed by atoms with Crippen LogP contribution in [0.25, 0.3) is 0 Å². The molecule has 0 aromatic heterocycles. The molecule has 0 aliphatic carbocycles. The van der Waals surface area contributed by atoms with Crippen molar-refractivity contribution in [1.29, 1.82) is 0 Å². The molecule has 0 saturated carbocycles. The molecule has 0 atom stereocenters. The Kier molecular flexibility index (Phi) is 4.20. The number of urea groups is 1. The molecule has 0 aliphatic heterocycles. The monoisotopic (exact) mass is 340 g/mol. The van der Waals surface area contributed by atoms with Gasteiger partial charge in [0.2, 0.25) is 9.84 Å². The predicted octanol–water partition coefficient (Wildman–Crippen LogP) is 0.876. The predicted molar refractivity (Wildman–Crippen MR) is 78.2 cm³/mol. The fourth-order valence-corrected chi connectivity index (χ4v) is 3.88. The third kappa shape index (κ3) is 3.26. The maximum absolute atomic E-state index is 12.3. The summed E-state index contributed by atoms with van der Waals surface area (Å²) in [5, 5.41) is 0. The quantitative estimate of drug-likeness (QED) is 0.855. The number of primary amides is 1. The minimum atomic E-state index is -4.11. The third-order valence-corrected chi connectivity index (χ3v) is 5.88. The van der Waals surface area contributed by atoms with E-state index in [-0.39, 0.29) is 14.7 Å². The maximum atomic E-state index is 12.3. The minimum absolute atomic E-state index is 0.0586. The molecule has 22 heavy (non-hydrogen) atoms. The van der Waals surface area contributed by atoms with Crippen LogP contribution in [-0.2, 0) is 19.9 Å². The van der Waals surface area contributed by atoms with Crippen LogP contribution in [0.1, 0.15) is 0 Å². The first-order chi connectivity index (χ1) is 10.2. The minimum Gasteiger partial charge on any atom is -0.351 e. The fraction of sp³-hybridized carbons (Fsp3) is 0. The smallest absolute Gasteiger partial charge is 0.326 e. The first-order valence-corrected chi connectivity index (χ1v) is 8.92. The maximum Gasteiger partial charge on any atom is 0.326 e. The number of sulfonamides is 1. The summed E-state index contributed by atoms with van der Waals surface area (Å²) in [6.45, 7) is 0. The number of hydrogen-bond donors (Lipinski definition) is 2. The number of amides is 2. The van der Waals surface area contributed by atoms with Crippen molar-refractivity contribution in [2.45, 2.75) is 14.7 Å². The van der Waals surface area contributed by atoms with Gasteiger partial charge in [-0.2, -0.15) is 0 Å². The van der Waals surface area contributed by atoms with Crippen molar-refractivity contribution in [2.75, 3.05) is 0 Å². The molecule has 0 bridgehead atoms. The third-order valence-electron chi connectivity index (χ3n) is 2.73. The molecule has 7 nitrogen and oxygen atoms in total. The van der Waals surface area contributed by atoms with Crippen LogP contribution >= 0.6 is 0 Å². The van der Waals surface area contributed by atoms with Gasteiger partial charge in [-0.3, -0.25) is 0 Å². The highest BCUT2D eigenvalue weighted by Gasteiger charge is 2.20. The molecule has 9 heteroatoms. The lowest BCUT2D eigenvalue weighted by Gasteiger charge is -2.07. The van der Waals surface area contributed by atoms with E-state index < -0.39 is 25.9 Å². The van der Waals surface area contributed by atoms with Crippen LogP contribution in [0.3, 0.4) is 0 Å². The zero-order valence-corrected chi connectivity index (χ0v) is 12.8. The summed E-state index contributed by atoms with van der Waals surface area (Å²) in [6, 6.07) is 11.0. The van der Waals surface area contributed by atoms with Gasteiger partial charge in [-0.1, -0.05) is 18.2 Å². The number of benzene rings is 2. The molecule has 0 heterocycles. The van der Waals surface area contributed by atoms with Gasteiger partial charge in [0.15, 0.2) is 0 Å². The molecule has 0 fully saturated rings. The van der Waals surface area contributed by atoms with Crippen molar-refractivity contribution in [2.24, 2.45) is 5.73 Å². The highest BCUT2D eigenvalue weighted by Crippen LogP contribution is 2.21. The van der Waals surface area contributed by atoms with Crippen LogP contribution in [0, 0.1) is 0 Å².